The summed E-state index contributed by atoms with van der Waals surface area (Å²) in [6, 6.07) is 16.7. The Kier molecular flexibility index (Phi) is 8.76. The summed E-state index contributed by atoms with van der Waals surface area (Å²) in [5.41, 5.74) is 4.60. The number of methoxy groups -OCH3 is 1. The van der Waals surface area contributed by atoms with Gasteiger partial charge in [0.15, 0.2) is 0 Å². The van der Waals surface area contributed by atoms with Crippen molar-refractivity contribution >= 4 is 52.9 Å². The molecule has 1 aliphatic heterocycles. The van der Waals surface area contributed by atoms with Crippen LogP contribution in [0.15, 0.2) is 73.1 Å². The zero-order chi connectivity index (χ0) is 32.2. The van der Waals surface area contributed by atoms with Gasteiger partial charge in [0, 0.05) is 40.0 Å². The zero-order valence-corrected chi connectivity index (χ0v) is 25.6. The number of halogens is 2. The predicted octanol–water partition coefficient (Wildman–Crippen LogP) is 4.89. The Labute approximate surface area is 272 Å². The summed E-state index contributed by atoms with van der Waals surface area (Å²) in [6.45, 7) is 0.120. The third-order valence-corrected chi connectivity index (χ3v) is 7.69. The minimum Gasteiger partial charge on any atom is -0.453 e. The van der Waals surface area contributed by atoms with Gasteiger partial charge in [0.05, 0.1) is 18.8 Å². The van der Waals surface area contributed by atoms with Gasteiger partial charge in [0.2, 0.25) is 5.91 Å². The average molecular weight is 659 g/mol. The molecule has 4 N–H and O–H groups in total. The summed E-state index contributed by atoms with van der Waals surface area (Å²) < 4.78 is 6.17. The summed E-state index contributed by atoms with van der Waals surface area (Å²) in [5.74, 6) is -0.306. The number of benzene rings is 3. The van der Waals surface area contributed by atoms with Crippen molar-refractivity contribution < 1.29 is 19.1 Å². The number of hydrogen-bond donors (Lipinski definition) is 4. The number of hydrogen-bond acceptors (Lipinski definition) is 8. The molecule has 0 saturated carbocycles. The van der Waals surface area contributed by atoms with Gasteiger partial charge in [-0.1, -0.05) is 41.4 Å². The Balaban J connectivity index is 1.36. The van der Waals surface area contributed by atoms with Gasteiger partial charge in [-0.15, -0.1) is 5.10 Å². The topological polar surface area (TPSA) is 169 Å². The number of imidazole rings is 1. The molecule has 1 atom stereocenters. The van der Waals surface area contributed by atoms with Gasteiger partial charge in [-0.05, 0) is 76.5 Å². The van der Waals surface area contributed by atoms with Crippen LogP contribution in [0.3, 0.4) is 0 Å². The lowest BCUT2D eigenvalue weighted by molar-refractivity contribution is -0.117. The Morgan fingerprint density at radius 3 is 2.78 bits per heavy atom. The summed E-state index contributed by atoms with van der Waals surface area (Å²) >= 11 is 12.9. The largest absolute Gasteiger partial charge is 0.453 e. The summed E-state index contributed by atoms with van der Waals surface area (Å²) in [7, 11) is 1.27. The number of nitrogens with zero attached hydrogens (tertiary/aromatic N) is 5. The van der Waals surface area contributed by atoms with Crippen LogP contribution in [0.2, 0.25) is 10.2 Å². The van der Waals surface area contributed by atoms with E-state index >= 15 is 0 Å². The molecule has 0 aliphatic carbocycles. The molecule has 15 heteroatoms. The van der Waals surface area contributed by atoms with Crippen molar-refractivity contribution in [1.29, 1.82) is 0 Å². The van der Waals surface area contributed by atoms with E-state index in [-0.39, 0.29) is 17.6 Å². The molecule has 13 nitrogen and oxygen atoms in total. The first-order valence-corrected chi connectivity index (χ1v) is 14.7. The molecule has 0 radical (unpaired) electrons. The van der Waals surface area contributed by atoms with Crippen LogP contribution in [-0.2, 0) is 22.5 Å². The molecule has 0 fully saturated rings. The van der Waals surface area contributed by atoms with Crippen molar-refractivity contribution in [2.45, 2.75) is 19.0 Å². The molecule has 0 spiro atoms. The third-order valence-electron chi connectivity index (χ3n) is 7.18. The van der Waals surface area contributed by atoms with Crippen LogP contribution in [-0.4, -0.2) is 55.2 Å². The maximum atomic E-state index is 13.4. The number of aromatic nitrogens is 6. The predicted molar refractivity (Wildman–Crippen MR) is 170 cm³/mol. The molecule has 1 unspecified atom stereocenters. The summed E-state index contributed by atoms with van der Waals surface area (Å²) in [5, 5.41) is 20.6. The molecule has 3 amide bonds. The minimum absolute atomic E-state index is 0.120. The van der Waals surface area contributed by atoms with E-state index in [2.05, 4.69) is 36.5 Å². The van der Waals surface area contributed by atoms with E-state index in [1.807, 2.05) is 6.07 Å². The van der Waals surface area contributed by atoms with E-state index < -0.39 is 18.0 Å². The van der Waals surface area contributed by atoms with E-state index in [1.165, 1.54) is 24.2 Å². The second kappa shape index (κ2) is 13.2. The maximum Gasteiger partial charge on any atom is 0.411 e. The monoisotopic (exact) mass is 657 g/mol. The van der Waals surface area contributed by atoms with Gasteiger partial charge in [0.1, 0.15) is 23.0 Å². The van der Waals surface area contributed by atoms with Crippen LogP contribution < -0.4 is 16.0 Å². The molecule has 0 saturated heterocycles. The molecule has 2 aromatic heterocycles. The van der Waals surface area contributed by atoms with Gasteiger partial charge < -0.3 is 20.4 Å². The van der Waals surface area contributed by atoms with Crippen LogP contribution >= 0.6 is 23.2 Å². The number of rotatable bonds is 5. The first kappa shape index (κ1) is 30.5. The molecule has 232 valence electrons. The number of carbonyl (C=O) groups excluding carboxylic acids is 3. The van der Waals surface area contributed by atoms with Crippen molar-refractivity contribution in [3.63, 3.8) is 0 Å². The van der Waals surface area contributed by atoms with Gasteiger partial charge in [-0.25, -0.2) is 9.78 Å². The fourth-order valence-electron chi connectivity index (χ4n) is 5.02. The SMILES string of the molecule is COC(=O)Nc1ccc2c(c1)CNC(=O)c1cccc(c1)CC(NC(=O)C=Cc1cc(Cl)ccc1-n1cnnn1)c1nc-2c(Cl)[nH]1. The molecule has 4 bridgehead atoms. The number of carbonyl (C=O) groups is 3. The lowest BCUT2D eigenvalue weighted by Gasteiger charge is -2.16. The normalized spacial score (nSPS) is 14.3. The van der Waals surface area contributed by atoms with Gasteiger partial charge in [-0.2, -0.15) is 4.68 Å². The van der Waals surface area contributed by atoms with Gasteiger partial charge in [0.25, 0.3) is 5.91 Å². The van der Waals surface area contributed by atoms with E-state index in [9.17, 15) is 14.4 Å². The number of nitrogens with one attached hydrogen (secondary N) is 4. The van der Waals surface area contributed by atoms with Crippen LogP contribution in [0.4, 0.5) is 10.5 Å². The van der Waals surface area contributed by atoms with Crippen molar-refractivity contribution in [1.82, 2.24) is 40.8 Å². The molecule has 3 heterocycles. The molecule has 6 rings (SSSR count). The molecule has 1 aliphatic rings. The van der Waals surface area contributed by atoms with Crippen LogP contribution in [0.1, 0.15) is 38.9 Å². The average Bonchev–Trinajstić information content (AvgIpc) is 3.72. The van der Waals surface area contributed by atoms with Gasteiger partial charge >= 0.3 is 6.09 Å². The molecule has 46 heavy (non-hydrogen) atoms. The lowest BCUT2D eigenvalue weighted by Crippen LogP contribution is -2.29. The number of tetrazole rings is 1. The molecule has 3 aromatic carbocycles. The number of anilines is 1. The fraction of sp³-hybridized carbons (Fsp3) is 0.129. The standard InChI is InChI=1S/C31H25Cl2N9O4/c1-46-31(45)36-22-7-8-23-20(14-22)15-34-30(44)19-4-2-3-17(11-19)12-24(29-38-27(23)28(33)39-29)37-26(43)10-5-18-13-21(32)6-9-25(18)42-16-35-40-41-42/h2-11,13-14,16,24H,12,15H2,1H3,(H,34,44)(H,36,45)(H,37,43)(H,38,39). The van der Waals surface area contributed by atoms with Crippen LogP contribution in [0, 0.1) is 0 Å². The van der Waals surface area contributed by atoms with Crippen molar-refractivity contribution in [3.8, 4) is 16.9 Å². The Morgan fingerprint density at radius 2 is 1.98 bits per heavy atom. The summed E-state index contributed by atoms with van der Waals surface area (Å²) in [6.07, 6.45) is 4.08. The quantitative estimate of drug-likeness (QED) is 0.194. The van der Waals surface area contributed by atoms with Crippen molar-refractivity contribution in [2.24, 2.45) is 0 Å². The Morgan fingerprint density at radius 1 is 1.11 bits per heavy atom. The highest BCUT2D eigenvalue weighted by molar-refractivity contribution is 6.32. The highest BCUT2D eigenvalue weighted by Gasteiger charge is 2.24. The highest BCUT2D eigenvalue weighted by atomic mass is 35.5. The third kappa shape index (κ3) is 6.75. The highest BCUT2D eigenvalue weighted by Crippen LogP contribution is 2.33. The molecular formula is C31H25Cl2N9O4. The van der Waals surface area contributed by atoms with Crippen molar-refractivity contribution in [3.05, 3.63) is 111 Å². The minimum atomic E-state index is -0.662. The fourth-order valence-corrected chi connectivity index (χ4v) is 5.45. The Hall–Kier alpha value is -5.53. The summed E-state index contributed by atoms with van der Waals surface area (Å²) in [4.78, 5) is 46.3. The van der Waals surface area contributed by atoms with E-state index in [0.29, 0.717) is 56.6 Å². The molecular weight excluding hydrogens is 633 g/mol. The van der Waals surface area contributed by atoms with E-state index in [4.69, 9.17) is 32.9 Å². The van der Waals surface area contributed by atoms with Crippen LogP contribution in [0.5, 0.6) is 0 Å². The second-order valence-corrected chi connectivity index (χ2v) is 11.0. The number of aromatic amines is 1. The number of ether oxygens (including phenoxy) is 1. The van der Waals surface area contributed by atoms with Gasteiger partial charge in [-0.3, -0.25) is 14.9 Å². The zero-order valence-electron chi connectivity index (χ0n) is 24.1. The number of amides is 3. The smallest absolute Gasteiger partial charge is 0.411 e. The first-order chi connectivity index (χ1) is 22.3. The maximum absolute atomic E-state index is 13.4. The second-order valence-electron chi connectivity index (χ2n) is 10.2. The Bertz CT molecular complexity index is 1970. The van der Waals surface area contributed by atoms with Crippen molar-refractivity contribution in [2.75, 3.05) is 12.4 Å². The van der Waals surface area contributed by atoms with E-state index in [1.54, 1.807) is 60.7 Å². The lowest BCUT2D eigenvalue weighted by atomic mass is 10.0. The number of H-pyrrole nitrogens is 1. The molecule has 5 aromatic rings. The van der Waals surface area contributed by atoms with E-state index in [0.717, 1.165) is 5.56 Å². The van der Waals surface area contributed by atoms with Crippen LogP contribution in [0.25, 0.3) is 23.0 Å². The number of fused-ring (bicyclic) bond motifs is 6. The first-order valence-electron chi connectivity index (χ1n) is 13.9.